The number of ether oxygens (including phenoxy) is 1. The maximum atomic E-state index is 6.04. The third-order valence-electron chi connectivity index (χ3n) is 3.43. The summed E-state index contributed by atoms with van der Waals surface area (Å²) < 4.78 is 6.04. The SMILES string of the molecule is CCNc1cc(OC2CCCCC2)nc(C(C)C)n1. The fraction of sp³-hybridized carbons (Fsp3) is 0.733. The molecule has 0 saturated heterocycles. The minimum Gasteiger partial charge on any atom is -0.474 e. The van der Waals surface area contributed by atoms with E-state index in [1.54, 1.807) is 0 Å². The summed E-state index contributed by atoms with van der Waals surface area (Å²) in [5, 5.41) is 3.25. The van der Waals surface area contributed by atoms with Gasteiger partial charge in [0.2, 0.25) is 5.88 Å². The molecule has 0 atom stereocenters. The monoisotopic (exact) mass is 263 g/mol. The van der Waals surface area contributed by atoms with Gasteiger partial charge in [0, 0.05) is 18.5 Å². The van der Waals surface area contributed by atoms with Gasteiger partial charge in [-0.25, -0.2) is 4.98 Å². The van der Waals surface area contributed by atoms with E-state index in [4.69, 9.17) is 4.74 Å². The molecule has 0 unspecified atom stereocenters. The summed E-state index contributed by atoms with van der Waals surface area (Å²) in [7, 11) is 0. The minimum atomic E-state index is 0.312. The quantitative estimate of drug-likeness (QED) is 0.879. The maximum absolute atomic E-state index is 6.04. The lowest BCUT2D eigenvalue weighted by Crippen LogP contribution is -2.20. The van der Waals surface area contributed by atoms with Gasteiger partial charge >= 0.3 is 0 Å². The number of rotatable bonds is 5. The fourth-order valence-corrected chi connectivity index (χ4v) is 2.39. The third kappa shape index (κ3) is 4.08. The molecule has 1 aromatic heterocycles. The molecule has 1 aliphatic carbocycles. The van der Waals surface area contributed by atoms with Crippen LogP contribution in [0.15, 0.2) is 6.07 Å². The van der Waals surface area contributed by atoms with Crippen molar-refractivity contribution < 1.29 is 4.74 Å². The molecule has 2 rings (SSSR count). The molecule has 0 amide bonds. The highest BCUT2D eigenvalue weighted by atomic mass is 16.5. The van der Waals surface area contributed by atoms with Gasteiger partial charge in [0.05, 0.1) is 0 Å². The molecule has 0 aliphatic heterocycles. The summed E-state index contributed by atoms with van der Waals surface area (Å²) in [6.07, 6.45) is 6.51. The lowest BCUT2D eigenvalue weighted by molar-refractivity contribution is 0.148. The van der Waals surface area contributed by atoms with Crippen molar-refractivity contribution in [1.29, 1.82) is 0 Å². The average Bonchev–Trinajstić information content (AvgIpc) is 2.40. The Kier molecular flexibility index (Phi) is 5.00. The Labute approximate surface area is 116 Å². The van der Waals surface area contributed by atoms with Crippen molar-refractivity contribution >= 4 is 5.82 Å². The van der Waals surface area contributed by atoms with Crippen LogP contribution in [-0.2, 0) is 0 Å². The van der Waals surface area contributed by atoms with Crippen molar-refractivity contribution in [1.82, 2.24) is 9.97 Å². The highest BCUT2D eigenvalue weighted by molar-refractivity contribution is 5.38. The normalized spacial score (nSPS) is 16.6. The van der Waals surface area contributed by atoms with Gasteiger partial charge < -0.3 is 10.1 Å². The molecular weight excluding hydrogens is 238 g/mol. The van der Waals surface area contributed by atoms with Crippen molar-refractivity contribution in [3.05, 3.63) is 11.9 Å². The van der Waals surface area contributed by atoms with Crippen molar-refractivity contribution in [3.8, 4) is 5.88 Å². The van der Waals surface area contributed by atoms with Crippen LogP contribution >= 0.6 is 0 Å². The molecule has 19 heavy (non-hydrogen) atoms. The maximum Gasteiger partial charge on any atom is 0.219 e. The number of nitrogens with zero attached hydrogens (tertiary/aromatic N) is 2. The first-order valence-corrected chi connectivity index (χ1v) is 7.48. The Morgan fingerprint density at radius 2 is 2.00 bits per heavy atom. The zero-order chi connectivity index (χ0) is 13.7. The van der Waals surface area contributed by atoms with Gasteiger partial charge in [-0.05, 0) is 32.6 Å². The van der Waals surface area contributed by atoms with Crippen LogP contribution in [0, 0.1) is 0 Å². The zero-order valence-corrected chi connectivity index (χ0v) is 12.3. The van der Waals surface area contributed by atoms with Gasteiger partial charge in [0.25, 0.3) is 0 Å². The van der Waals surface area contributed by atoms with Gasteiger partial charge in [0.1, 0.15) is 17.7 Å². The molecule has 1 aliphatic rings. The van der Waals surface area contributed by atoms with Gasteiger partial charge in [-0.2, -0.15) is 4.98 Å². The zero-order valence-electron chi connectivity index (χ0n) is 12.3. The van der Waals surface area contributed by atoms with E-state index in [0.29, 0.717) is 12.0 Å². The lowest BCUT2D eigenvalue weighted by Gasteiger charge is -2.23. The first-order valence-electron chi connectivity index (χ1n) is 7.48. The Bertz CT molecular complexity index is 400. The Hall–Kier alpha value is -1.32. The van der Waals surface area contributed by atoms with Gasteiger partial charge in [0.15, 0.2) is 0 Å². The molecule has 0 radical (unpaired) electrons. The van der Waals surface area contributed by atoms with Crippen LogP contribution in [0.2, 0.25) is 0 Å². The van der Waals surface area contributed by atoms with E-state index in [-0.39, 0.29) is 0 Å². The minimum absolute atomic E-state index is 0.312. The molecule has 1 heterocycles. The summed E-state index contributed by atoms with van der Waals surface area (Å²) >= 11 is 0. The molecule has 1 N–H and O–H groups in total. The molecule has 1 fully saturated rings. The van der Waals surface area contributed by atoms with E-state index >= 15 is 0 Å². The van der Waals surface area contributed by atoms with E-state index in [9.17, 15) is 0 Å². The van der Waals surface area contributed by atoms with E-state index in [1.165, 1.54) is 19.3 Å². The van der Waals surface area contributed by atoms with Crippen molar-refractivity contribution in [3.63, 3.8) is 0 Å². The van der Waals surface area contributed by atoms with Crippen molar-refractivity contribution in [2.45, 2.75) is 64.9 Å². The number of hydrogen-bond donors (Lipinski definition) is 1. The fourth-order valence-electron chi connectivity index (χ4n) is 2.39. The predicted molar refractivity (Wildman–Crippen MR) is 77.8 cm³/mol. The first kappa shape index (κ1) is 14.1. The highest BCUT2D eigenvalue weighted by Gasteiger charge is 2.17. The second-order valence-corrected chi connectivity index (χ2v) is 5.51. The van der Waals surface area contributed by atoms with Gasteiger partial charge in [-0.3, -0.25) is 0 Å². The highest BCUT2D eigenvalue weighted by Crippen LogP contribution is 2.24. The van der Waals surface area contributed by atoms with Crippen LogP contribution in [0.1, 0.15) is 64.6 Å². The smallest absolute Gasteiger partial charge is 0.219 e. The standard InChI is InChI=1S/C15H25N3O/c1-4-16-13-10-14(18-15(17-13)11(2)3)19-12-8-6-5-7-9-12/h10-12H,4-9H2,1-3H3,(H,16,17,18). The second-order valence-electron chi connectivity index (χ2n) is 5.51. The molecule has 1 aromatic rings. The summed E-state index contributed by atoms with van der Waals surface area (Å²) in [5.74, 6) is 2.75. The predicted octanol–water partition coefficient (Wildman–Crippen LogP) is 3.74. The van der Waals surface area contributed by atoms with E-state index < -0.39 is 0 Å². The molecule has 4 nitrogen and oxygen atoms in total. The molecule has 0 bridgehead atoms. The second kappa shape index (κ2) is 6.73. The van der Waals surface area contributed by atoms with E-state index in [1.807, 2.05) is 6.07 Å². The molecular formula is C15H25N3O. The third-order valence-corrected chi connectivity index (χ3v) is 3.43. The molecule has 0 aromatic carbocycles. The van der Waals surface area contributed by atoms with Crippen LogP contribution < -0.4 is 10.1 Å². The summed E-state index contributed by atoms with van der Waals surface area (Å²) in [6, 6.07) is 1.92. The van der Waals surface area contributed by atoms with E-state index in [0.717, 1.165) is 36.9 Å². The number of hydrogen-bond acceptors (Lipinski definition) is 4. The number of anilines is 1. The molecule has 0 spiro atoms. The Balaban J connectivity index is 2.12. The average molecular weight is 263 g/mol. The lowest BCUT2D eigenvalue weighted by atomic mass is 9.98. The first-order chi connectivity index (χ1) is 9.19. The Morgan fingerprint density at radius 1 is 1.26 bits per heavy atom. The Morgan fingerprint density at radius 3 is 2.63 bits per heavy atom. The summed E-state index contributed by atoms with van der Waals surface area (Å²) in [4.78, 5) is 9.05. The molecule has 106 valence electrons. The largest absolute Gasteiger partial charge is 0.474 e. The van der Waals surface area contributed by atoms with Crippen molar-refractivity contribution in [2.75, 3.05) is 11.9 Å². The summed E-state index contributed by atoms with van der Waals surface area (Å²) in [5.41, 5.74) is 0. The van der Waals surface area contributed by atoms with Crippen molar-refractivity contribution in [2.24, 2.45) is 0 Å². The van der Waals surface area contributed by atoms with Crippen LogP contribution in [0.25, 0.3) is 0 Å². The molecule has 4 heteroatoms. The summed E-state index contributed by atoms with van der Waals surface area (Å²) in [6.45, 7) is 7.14. The van der Waals surface area contributed by atoms with Gasteiger partial charge in [-0.1, -0.05) is 20.3 Å². The number of nitrogens with one attached hydrogen (secondary N) is 1. The van der Waals surface area contributed by atoms with Crippen LogP contribution in [0.3, 0.4) is 0 Å². The number of aromatic nitrogens is 2. The topological polar surface area (TPSA) is 47.0 Å². The molecule has 1 saturated carbocycles. The van der Waals surface area contributed by atoms with Crippen LogP contribution in [0.5, 0.6) is 5.88 Å². The van der Waals surface area contributed by atoms with Gasteiger partial charge in [-0.15, -0.1) is 0 Å². The van der Waals surface area contributed by atoms with Crippen LogP contribution in [-0.4, -0.2) is 22.6 Å². The van der Waals surface area contributed by atoms with Crippen LogP contribution in [0.4, 0.5) is 5.82 Å². The van der Waals surface area contributed by atoms with E-state index in [2.05, 4.69) is 36.1 Å².